The van der Waals surface area contributed by atoms with Crippen molar-refractivity contribution in [2.24, 2.45) is 5.73 Å². The summed E-state index contributed by atoms with van der Waals surface area (Å²) in [6, 6.07) is 9.53. The van der Waals surface area contributed by atoms with Gasteiger partial charge in [0.05, 0.1) is 18.7 Å². The number of nitrogens with one attached hydrogen (secondary N) is 2. The molecule has 6 nitrogen and oxygen atoms in total. The van der Waals surface area contributed by atoms with E-state index in [-0.39, 0.29) is 25.1 Å². The van der Waals surface area contributed by atoms with Gasteiger partial charge in [0.2, 0.25) is 5.91 Å². The van der Waals surface area contributed by atoms with Gasteiger partial charge in [0.25, 0.3) is 5.91 Å². The Bertz CT molecular complexity index is 759. The lowest BCUT2D eigenvalue weighted by atomic mass is 10.1. The minimum atomic E-state index is -0.535. The summed E-state index contributed by atoms with van der Waals surface area (Å²) >= 11 is 1.35. The number of carbonyl (C=O) groups excluding carboxylic acids is 2. The molecule has 0 aliphatic carbocycles. The van der Waals surface area contributed by atoms with Gasteiger partial charge in [-0.15, -0.1) is 11.3 Å². The number of aliphatic hydroxyl groups excluding tert-OH is 1. The normalized spacial score (nSPS) is 12.0. The second kappa shape index (κ2) is 9.47. The van der Waals surface area contributed by atoms with Crippen molar-refractivity contribution in [1.82, 2.24) is 5.32 Å². The van der Waals surface area contributed by atoms with E-state index in [9.17, 15) is 14.7 Å². The van der Waals surface area contributed by atoms with Crippen molar-refractivity contribution in [3.63, 3.8) is 0 Å². The van der Waals surface area contributed by atoms with E-state index in [2.05, 4.69) is 10.6 Å². The third-order valence-electron chi connectivity index (χ3n) is 4.16. The molecule has 1 heterocycles. The molecule has 140 valence electrons. The molecule has 5 N–H and O–H groups in total. The number of aryl methyl sites for hydroxylation is 1. The molecule has 7 heteroatoms. The summed E-state index contributed by atoms with van der Waals surface area (Å²) in [5, 5.41) is 15.8. The molecule has 2 rings (SSSR count). The molecule has 1 unspecified atom stereocenters. The number of primary amides is 1. The number of rotatable bonds is 9. The highest BCUT2D eigenvalue weighted by Gasteiger charge is 2.20. The fourth-order valence-corrected chi connectivity index (χ4v) is 4.03. The maximum Gasteiger partial charge on any atom is 0.251 e. The molecule has 0 fully saturated rings. The molecular weight excluding hydrogens is 350 g/mol. The van der Waals surface area contributed by atoms with Crippen molar-refractivity contribution < 1.29 is 14.7 Å². The molecule has 0 aliphatic rings. The molecule has 2 aromatic rings. The van der Waals surface area contributed by atoms with Gasteiger partial charge in [0.1, 0.15) is 5.00 Å². The second-order valence-corrected chi connectivity index (χ2v) is 7.28. The van der Waals surface area contributed by atoms with Crippen LogP contribution in [0.25, 0.3) is 0 Å². The van der Waals surface area contributed by atoms with Gasteiger partial charge >= 0.3 is 0 Å². The Balaban J connectivity index is 1.97. The number of amides is 2. The lowest BCUT2D eigenvalue weighted by Crippen LogP contribution is -2.39. The van der Waals surface area contributed by atoms with Gasteiger partial charge in [0.15, 0.2) is 0 Å². The van der Waals surface area contributed by atoms with Crippen molar-refractivity contribution in [3.05, 3.63) is 51.9 Å². The number of anilines is 1. The molecule has 2 amide bonds. The van der Waals surface area contributed by atoms with Gasteiger partial charge in [0, 0.05) is 10.9 Å². The molecule has 1 atom stereocenters. The van der Waals surface area contributed by atoms with Gasteiger partial charge < -0.3 is 21.5 Å². The van der Waals surface area contributed by atoms with E-state index in [0.29, 0.717) is 23.4 Å². The smallest absolute Gasteiger partial charge is 0.251 e. The SMILES string of the molecule is CCc1c(C)sc(NC(=O)CNC(CO)Cc2ccccc2)c1C(N)=O. The average Bonchev–Trinajstić information content (AvgIpc) is 2.94. The summed E-state index contributed by atoms with van der Waals surface area (Å²) in [5.41, 5.74) is 7.83. The summed E-state index contributed by atoms with van der Waals surface area (Å²) < 4.78 is 0. The first kappa shape index (κ1) is 20.1. The summed E-state index contributed by atoms with van der Waals surface area (Å²) in [5.74, 6) is -0.810. The number of hydrogen-bond donors (Lipinski definition) is 4. The molecule has 0 saturated heterocycles. The first-order chi connectivity index (χ1) is 12.5. The van der Waals surface area contributed by atoms with E-state index in [1.54, 1.807) is 0 Å². The van der Waals surface area contributed by atoms with Crippen LogP contribution in [-0.2, 0) is 17.6 Å². The Morgan fingerprint density at radius 1 is 1.27 bits per heavy atom. The number of nitrogens with two attached hydrogens (primary N) is 1. The van der Waals surface area contributed by atoms with Crippen molar-refractivity contribution in [2.45, 2.75) is 32.7 Å². The zero-order chi connectivity index (χ0) is 19.1. The van der Waals surface area contributed by atoms with E-state index in [4.69, 9.17) is 5.73 Å². The summed E-state index contributed by atoms with van der Waals surface area (Å²) in [7, 11) is 0. The van der Waals surface area contributed by atoms with Crippen LogP contribution in [0, 0.1) is 6.92 Å². The quantitative estimate of drug-likeness (QED) is 0.537. The number of benzene rings is 1. The van der Waals surface area contributed by atoms with Gasteiger partial charge in [-0.05, 0) is 30.9 Å². The molecule has 0 spiro atoms. The van der Waals surface area contributed by atoms with Crippen molar-refractivity contribution in [1.29, 1.82) is 0 Å². The van der Waals surface area contributed by atoms with Crippen molar-refractivity contribution in [2.75, 3.05) is 18.5 Å². The Hall–Kier alpha value is -2.22. The van der Waals surface area contributed by atoms with E-state index >= 15 is 0 Å². The van der Waals surface area contributed by atoms with E-state index in [1.165, 1.54) is 11.3 Å². The number of carbonyl (C=O) groups is 2. The Morgan fingerprint density at radius 2 is 1.96 bits per heavy atom. The van der Waals surface area contributed by atoms with Crippen LogP contribution < -0.4 is 16.4 Å². The Kier molecular flexibility index (Phi) is 7.32. The van der Waals surface area contributed by atoms with E-state index in [0.717, 1.165) is 16.0 Å². The summed E-state index contributed by atoms with van der Waals surface area (Å²) in [6.07, 6.45) is 1.30. The monoisotopic (exact) mass is 375 g/mol. The lowest BCUT2D eigenvalue weighted by molar-refractivity contribution is -0.115. The predicted molar refractivity (Wildman–Crippen MR) is 105 cm³/mol. The van der Waals surface area contributed by atoms with Gasteiger partial charge in [-0.2, -0.15) is 0 Å². The third kappa shape index (κ3) is 5.14. The third-order valence-corrected chi connectivity index (χ3v) is 5.22. The highest BCUT2D eigenvalue weighted by molar-refractivity contribution is 7.16. The predicted octanol–water partition coefficient (Wildman–Crippen LogP) is 1.85. The molecular formula is C19H25N3O3S. The van der Waals surface area contributed by atoms with Crippen LogP contribution in [0.15, 0.2) is 30.3 Å². The van der Waals surface area contributed by atoms with Crippen LogP contribution in [-0.4, -0.2) is 36.1 Å². The van der Waals surface area contributed by atoms with Crippen LogP contribution in [0.5, 0.6) is 0 Å². The van der Waals surface area contributed by atoms with Gasteiger partial charge in [-0.3, -0.25) is 9.59 Å². The van der Waals surface area contributed by atoms with Crippen LogP contribution in [0.2, 0.25) is 0 Å². The molecule has 1 aromatic heterocycles. The number of aliphatic hydroxyl groups is 1. The second-order valence-electron chi connectivity index (χ2n) is 6.06. The minimum absolute atomic E-state index is 0.0364. The van der Waals surface area contributed by atoms with Crippen molar-refractivity contribution in [3.8, 4) is 0 Å². The van der Waals surface area contributed by atoms with Crippen LogP contribution in [0.4, 0.5) is 5.00 Å². The zero-order valence-corrected chi connectivity index (χ0v) is 15.9. The summed E-state index contributed by atoms with van der Waals surface area (Å²) in [6.45, 7) is 3.82. The van der Waals surface area contributed by atoms with Crippen LogP contribution >= 0.6 is 11.3 Å². The first-order valence-electron chi connectivity index (χ1n) is 8.56. The van der Waals surface area contributed by atoms with Crippen molar-refractivity contribution >= 4 is 28.2 Å². The fraction of sp³-hybridized carbons (Fsp3) is 0.368. The Morgan fingerprint density at radius 3 is 2.54 bits per heavy atom. The maximum absolute atomic E-state index is 12.3. The van der Waals surface area contributed by atoms with Crippen LogP contribution in [0.1, 0.15) is 33.3 Å². The molecule has 26 heavy (non-hydrogen) atoms. The standard InChI is InChI=1S/C19H25N3O3S/c1-3-15-12(2)26-19(17(15)18(20)25)22-16(24)10-21-14(11-23)9-13-7-5-4-6-8-13/h4-8,14,21,23H,3,9-11H2,1-2H3,(H2,20,25)(H,22,24). The van der Waals surface area contributed by atoms with E-state index < -0.39 is 5.91 Å². The molecule has 0 aliphatic heterocycles. The lowest BCUT2D eigenvalue weighted by Gasteiger charge is -2.16. The van der Waals surface area contributed by atoms with E-state index in [1.807, 2.05) is 44.2 Å². The van der Waals surface area contributed by atoms with Gasteiger partial charge in [-0.25, -0.2) is 0 Å². The largest absolute Gasteiger partial charge is 0.395 e. The maximum atomic E-state index is 12.3. The number of hydrogen-bond acceptors (Lipinski definition) is 5. The van der Waals surface area contributed by atoms with Gasteiger partial charge in [-0.1, -0.05) is 37.3 Å². The Labute approximate surface area is 157 Å². The molecule has 1 aromatic carbocycles. The first-order valence-corrected chi connectivity index (χ1v) is 9.38. The number of thiophene rings is 1. The topological polar surface area (TPSA) is 104 Å². The van der Waals surface area contributed by atoms with Crippen LogP contribution in [0.3, 0.4) is 0 Å². The molecule has 0 saturated carbocycles. The minimum Gasteiger partial charge on any atom is -0.395 e. The highest BCUT2D eigenvalue weighted by atomic mass is 32.1. The fourth-order valence-electron chi connectivity index (χ4n) is 2.86. The highest BCUT2D eigenvalue weighted by Crippen LogP contribution is 2.32. The molecule has 0 bridgehead atoms. The zero-order valence-electron chi connectivity index (χ0n) is 15.0. The average molecular weight is 375 g/mol. The summed E-state index contributed by atoms with van der Waals surface area (Å²) in [4.78, 5) is 25.0. The molecule has 0 radical (unpaired) electrons.